The molecule has 2 aromatic carbocycles. The highest BCUT2D eigenvalue weighted by Crippen LogP contribution is 2.28. The molecule has 27 heavy (non-hydrogen) atoms. The van der Waals surface area contributed by atoms with E-state index in [9.17, 15) is 9.18 Å². The fourth-order valence-electron chi connectivity index (χ4n) is 2.21. The average Bonchev–Trinajstić information content (AvgIpc) is 3.14. The molecule has 1 N–H and O–H groups in total. The quantitative estimate of drug-likeness (QED) is 0.666. The molecule has 9 heteroatoms. The lowest BCUT2D eigenvalue weighted by atomic mass is 10.2. The van der Waals surface area contributed by atoms with Crippen LogP contribution in [0.4, 0.5) is 9.52 Å². The summed E-state index contributed by atoms with van der Waals surface area (Å²) >= 11 is 1.14. The summed E-state index contributed by atoms with van der Waals surface area (Å²) in [6.45, 7) is 0.0465. The molecule has 1 heterocycles. The maximum absolute atomic E-state index is 13.5. The summed E-state index contributed by atoms with van der Waals surface area (Å²) in [5, 5.41) is 11.3. The molecule has 3 rings (SSSR count). The number of halogens is 1. The molecule has 0 atom stereocenters. The number of ether oxygens (including phenoxy) is 3. The molecule has 3 aromatic rings. The summed E-state index contributed by atoms with van der Waals surface area (Å²) in [5.41, 5.74) is 0.381. The second-order valence-electron chi connectivity index (χ2n) is 5.24. The fourth-order valence-corrected chi connectivity index (χ4v) is 2.86. The van der Waals surface area contributed by atoms with Crippen molar-refractivity contribution >= 4 is 22.4 Å². The molecule has 140 valence electrons. The third-order valence-corrected chi connectivity index (χ3v) is 4.33. The van der Waals surface area contributed by atoms with Gasteiger partial charge in [-0.15, -0.1) is 10.2 Å². The largest absolute Gasteiger partial charge is 0.493 e. The molecule has 0 bridgehead atoms. The molecular formula is C18H16FN3O4S. The van der Waals surface area contributed by atoms with Crippen LogP contribution in [0.3, 0.4) is 0 Å². The van der Waals surface area contributed by atoms with Gasteiger partial charge in [-0.3, -0.25) is 10.1 Å². The SMILES string of the molecule is COc1ccc(C(=O)Nc2nnc(COc3ccccc3F)s2)cc1OC. The molecular weight excluding hydrogens is 373 g/mol. The van der Waals surface area contributed by atoms with E-state index in [-0.39, 0.29) is 18.3 Å². The number of rotatable bonds is 7. The van der Waals surface area contributed by atoms with Crippen molar-refractivity contribution in [2.24, 2.45) is 0 Å². The second-order valence-corrected chi connectivity index (χ2v) is 6.31. The van der Waals surface area contributed by atoms with Gasteiger partial charge in [-0.1, -0.05) is 23.5 Å². The van der Waals surface area contributed by atoms with Crippen LogP contribution in [0.25, 0.3) is 0 Å². The van der Waals surface area contributed by atoms with Crippen molar-refractivity contribution in [2.75, 3.05) is 19.5 Å². The summed E-state index contributed by atoms with van der Waals surface area (Å²) < 4.78 is 29.2. The molecule has 0 spiro atoms. The van der Waals surface area contributed by atoms with Gasteiger partial charge in [0.25, 0.3) is 5.91 Å². The lowest BCUT2D eigenvalue weighted by molar-refractivity contribution is 0.102. The van der Waals surface area contributed by atoms with Gasteiger partial charge >= 0.3 is 0 Å². The number of nitrogens with one attached hydrogen (secondary N) is 1. The molecule has 0 unspecified atom stereocenters. The lowest BCUT2D eigenvalue weighted by Gasteiger charge is -2.09. The summed E-state index contributed by atoms with van der Waals surface area (Å²) in [6.07, 6.45) is 0. The van der Waals surface area contributed by atoms with Crippen LogP contribution in [0.5, 0.6) is 17.2 Å². The Morgan fingerprint density at radius 2 is 1.85 bits per heavy atom. The highest BCUT2D eigenvalue weighted by atomic mass is 32.1. The van der Waals surface area contributed by atoms with Crippen molar-refractivity contribution in [1.29, 1.82) is 0 Å². The van der Waals surface area contributed by atoms with E-state index in [0.29, 0.717) is 27.2 Å². The number of aromatic nitrogens is 2. The molecule has 0 radical (unpaired) electrons. The monoisotopic (exact) mass is 389 g/mol. The first-order valence-electron chi connectivity index (χ1n) is 7.84. The molecule has 0 aliphatic heterocycles. The van der Waals surface area contributed by atoms with Gasteiger partial charge < -0.3 is 14.2 Å². The smallest absolute Gasteiger partial charge is 0.257 e. The van der Waals surface area contributed by atoms with Gasteiger partial charge in [-0.25, -0.2) is 4.39 Å². The zero-order chi connectivity index (χ0) is 19.2. The Morgan fingerprint density at radius 1 is 1.07 bits per heavy atom. The fraction of sp³-hybridized carbons (Fsp3) is 0.167. The average molecular weight is 389 g/mol. The number of methoxy groups -OCH3 is 2. The zero-order valence-electron chi connectivity index (χ0n) is 14.6. The molecule has 7 nitrogen and oxygen atoms in total. The van der Waals surface area contributed by atoms with Crippen LogP contribution in [0.2, 0.25) is 0 Å². The highest BCUT2D eigenvalue weighted by molar-refractivity contribution is 7.15. The maximum atomic E-state index is 13.5. The van der Waals surface area contributed by atoms with Crippen LogP contribution in [0, 0.1) is 5.82 Å². The summed E-state index contributed by atoms with van der Waals surface area (Å²) in [5.74, 6) is 0.278. The first kappa shape index (κ1) is 18.6. The number of hydrogen-bond acceptors (Lipinski definition) is 7. The first-order valence-corrected chi connectivity index (χ1v) is 8.65. The minimum absolute atomic E-state index is 0.0465. The first-order chi connectivity index (χ1) is 13.1. The second kappa shape index (κ2) is 8.45. The van der Waals surface area contributed by atoms with Crippen LogP contribution < -0.4 is 19.5 Å². The van der Waals surface area contributed by atoms with Crippen LogP contribution in [-0.4, -0.2) is 30.3 Å². The van der Waals surface area contributed by atoms with Crippen molar-refractivity contribution in [1.82, 2.24) is 10.2 Å². The summed E-state index contributed by atoms with van der Waals surface area (Å²) in [4.78, 5) is 12.4. The van der Waals surface area contributed by atoms with Gasteiger partial charge in [0.1, 0.15) is 6.61 Å². The van der Waals surface area contributed by atoms with Gasteiger partial charge in [0.2, 0.25) is 5.13 Å². The van der Waals surface area contributed by atoms with Gasteiger partial charge in [-0.2, -0.15) is 0 Å². The Bertz CT molecular complexity index is 948. The number of nitrogens with zero attached hydrogens (tertiary/aromatic N) is 2. The summed E-state index contributed by atoms with van der Waals surface area (Å²) in [6, 6.07) is 10.9. The van der Waals surface area contributed by atoms with E-state index in [1.54, 1.807) is 30.3 Å². The number of carbonyl (C=O) groups excluding carboxylic acids is 1. The third kappa shape index (κ3) is 4.50. The Hall–Kier alpha value is -3.20. The molecule has 0 fully saturated rings. The van der Waals surface area contributed by atoms with Gasteiger partial charge in [0, 0.05) is 5.56 Å². The van der Waals surface area contributed by atoms with E-state index in [2.05, 4.69) is 15.5 Å². The molecule has 0 saturated carbocycles. The molecule has 1 amide bonds. The van der Waals surface area contributed by atoms with Gasteiger partial charge in [-0.05, 0) is 30.3 Å². The van der Waals surface area contributed by atoms with Crippen molar-refractivity contribution in [3.05, 3.63) is 58.9 Å². The van der Waals surface area contributed by atoms with Crippen LogP contribution in [0.1, 0.15) is 15.4 Å². The number of hydrogen-bond donors (Lipinski definition) is 1. The van der Waals surface area contributed by atoms with E-state index < -0.39 is 5.82 Å². The Labute approximate surface area is 158 Å². The van der Waals surface area contributed by atoms with Crippen molar-refractivity contribution in [3.63, 3.8) is 0 Å². The standard InChI is InChI=1S/C18H16FN3O4S/c1-24-14-8-7-11(9-15(14)25-2)17(23)20-18-22-21-16(27-18)10-26-13-6-4-3-5-12(13)19/h3-9H,10H2,1-2H3,(H,20,22,23). The minimum Gasteiger partial charge on any atom is -0.493 e. The number of carbonyl (C=O) groups is 1. The number of amides is 1. The third-order valence-electron chi connectivity index (χ3n) is 3.52. The van der Waals surface area contributed by atoms with Crippen LogP contribution in [0.15, 0.2) is 42.5 Å². The Balaban J connectivity index is 1.63. The molecule has 0 aliphatic rings. The molecule has 0 aliphatic carbocycles. The van der Waals surface area contributed by atoms with Crippen LogP contribution in [-0.2, 0) is 6.61 Å². The topological polar surface area (TPSA) is 82.6 Å². The number of para-hydroxylation sites is 1. The number of anilines is 1. The zero-order valence-corrected chi connectivity index (χ0v) is 15.4. The predicted octanol–water partition coefficient (Wildman–Crippen LogP) is 3.53. The number of benzene rings is 2. The summed E-state index contributed by atoms with van der Waals surface area (Å²) in [7, 11) is 3.01. The van der Waals surface area contributed by atoms with Crippen LogP contribution >= 0.6 is 11.3 Å². The van der Waals surface area contributed by atoms with Gasteiger partial charge in [0.05, 0.1) is 14.2 Å². The van der Waals surface area contributed by atoms with Crippen molar-refractivity contribution in [2.45, 2.75) is 6.61 Å². The van der Waals surface area contributed by atoms with Crippen molar-refractivity contribution < 1.29 is 23.4 Å². The van der Waals surface area contributed by atoms with E-state index in [0.717, 1.165) is 11.3 Å². The van der Waals surface area contributed by atoms with E-state index in [4.69, 9.17) is 14.2 Å². The Kier molecular flexibility index (Phi) is 5.82. The normalized spacial score (nSPS) is 10.3. The predicted molar refractivity (Wildman–Crippen MR) is 98.1 cm³/mol. The Morgan fingerprint density at radius 3 is 2.59 bits per heavy atom. The highest BCUT2D eigenvalue weighted by Gasteiger charge is 2.14. The van der Waals surface area contributed by atoms with Crippen molar-refractivity contribution in [3.8, 4) is 17.2 Å². The molecule has 0 saturated heterocycles. The maximum Gasteiger partial charge on any atom is 0.257 e. The van der Waals surface area contributed by atoms with E-state index in [1.807, 2.05) is 0 Å². The van der Waals surface area contributed by atoms with E-state index >= 15 is 0 Å². The lowest BCUT2D eigenvalue weighted by Crippen LogP contribution is -2.12. The minimum atomic E-state index is -0.455. The van der Waals surface area contributed by atoms with E-state index in [1.165, 1.54) is 26.4 Å². The molecule has 1 aromatic heterocycles. The van der Waals surface area contributed by atoms with Gasteiger partial charge in [0.15, 0.2) is 28.1 Å².